The zero-order valence-corrected chi connectivity index (χ0v) is 13.3. The fourth-order valence-electron chi connectivity index (χ4n) is 3.54. The van der Waals surface area contributed by atoms with Gasteiger partial charge in [0.25, 0.3) is 0 Å². The smallest absolute Gasteiger partial charge is 0.164 e. The predicted molar refractivity (Wildman–Crippen MR) is 84.0 cm³/mol. The topological polar surface area (TPSA) is 44.8 Å². The van der Waals surface area contributed by atoms with Gasteiger partial charge in [0.15, 0.2) is 5.82 Å². The second-order valence-corrected chi connectivity index (χ2v) is 7.02. The van der Waals surface area contributed by atoms with Crippen LogP contribution in [0.1, 0.15) is 37.5 Å². The molecule has 21 heavy (non-hydrogen) atoms. The third kappa shape index (κ3) is 2.60. The lowest BCUT2D eigenvalue weighted by atomic mass is 9.87. The fraction of sp³-hybridized carbons (Fsp3) is 0.529. The van der Waals surface area contributed by atoms with Gasteiger partial charge in [-0.25, -0.2) is 4.98 Å². The van der Waals surface area contributed by atoms with Gasteiger partial charge in [-0.3, -0.25) is 10.00 Å². The summed E-state index contributed by atoms with van der Waals surface area (Å²) in [4.78, 5) is 6.74. The van der Waals surface area contributed by atoms with Gasteiger partial charge in [-0.1, -0.05) is 44.2 Å². The highest BCUT2D eigenvalue weighted by Crippen LogP contribution is 2.64. The summed E-state index contributed by atoms with van der Waals surface area (Å²) >= 11 is 0. The van der Waals surface area contributed by atoms with Crippen LogP contribution in [0.2, 0.25) is 0 Å². The molecule has 1 aromatic heterocycles. The molecule has 1 heterocycles. The van der Waals surface area contributed by atoms with Crippen molar-refractivity contribution in [2.24, 2.45) is 5.41 Å². The van der Waals surface area contributed by atoms with E-state index in [0.717, 1.165) is 24.7 Å². The van der Waals surface area contributed by atoms with Crippen molar-refractivity contribution in [3.8, 4) is 0 Å². The normalized spacial score (nSPS) is 23.5. The van der Waals surface area contributed by atoms with E-state index in [0.29, 0.717) is 5.41 Å². The Morgan fingerprint density at radius 3 is 2.43 bits per heavy atom. The third-order valence-electron chi connectivity index (χ3n) is 4.84. The van der Waals surface area contributed by atoms with Crippen LogP contribution >= 0.6 is 0 Å². The van der Waals surface area contributed by atoms with Gasteiger partial charge in [-0.15, -0.1) is 0 Å². The molecule has 1 aromatic carbocycles. The Morgan fingerprint density at radius 1 is 1.24 bits per heavy atom. The van der Waals surface area contributed by atoms with E-state index in [1.54, 1.807) is 0 Å². The van der Waals surface area contributed by atoms with E-state index in [1.165, 1.54) is 12.0 Å². The molecule has 2 aromatic rings. The van der Waals surface area contributed by atoms with Crippen molar-refractivity contribution in [3.05, 3.63) is 47.5 Å². The van der Waals surface area contributed by atoms with Crippen molar-refractivity contribution in [1.29, 1.82) is 0 Å². The number of aromatic nitrogens is 3. The maximum absolute atomic E-state index is 4.40. The first-order chi connectivity index (χ1) is 9.93. The van der Waals surface area contributed by atoms with E-state index in [1.807, 2.05) is 6.92 Å². The average molecular weight is 284 g/mol. The van der Waals surface area contributed by atoms with Gasteiger partial charge < -0.3 is 0 Å². The van der Waals surface area contributed by atoms with Crippen LogP contribution in [0.15, 0.2) is 30.3 Å². The minimum absolute atomic E-state index is 0.258. The molecule has 1 atom stereocenters. The van der Waals surface area contributed by atoms with Crippen LogP contribution < -0.4 is 0 Å². The average Bonchev–Trinajstić information content (AvgIpc) is 2.77. The summed E-state index contributed by atoms with van der Waals surface area (Å²) < 4.78 is 0. The number of aromatic amines is 1. The van der Waals surface area contributed by atoms with Gasteiger partial charge in [0.05, 0.1) is 6.54 Å². The number of nitrogens with one attached hydrogen (secondary N) is 1. The highest BCUT2D eigenvalue weighted by Gasteiger charge is 2.61. The van der Waals surface area contributed by atoms with Crippen molar-refractivity contribution in [3.63, 3.8) is 0 Å². The molecule has 0 bridgehead atoms. The molecule has 1 aliphatic rings. The first-order valence-corrected chi connectivity index (χ1v) is 7.55. The van der Waals surface area contributed by atoms with Crippen LogP contribution in [0, 0.1) is 12.3 Å². The monoisotopic (exact) mass is 284 g/mol. The molecule has 0 saturated heterocycles. The summed E-state index contributed by atoms with van der Waals surface area (Å²) in [7, 11) is 2.16. The largest absolute Gasteiger partial charge is 0.298 e. The highest BCUT2D eigenvalue weighted by atomic mass is 15.2. The van der Waals surface area contributed by atoms with Gasteiger partial charge in [0.2, 0.25) is 0 Å². The molecule has 0 radical (unpaired) electrons. The second-order valence-electron chi connectivity index (χ2n) is 7.02. The molecule has 0 aliphatic heterocycles. The van der Waals surface area contributed by atoms with Crippen molar-refractivity contribution in [2.75, 3.05) is 13.6 Å². The molecule has 4 nitrogen and oxygen atoms in total. The van der Waals surface area contributed by atoms with Crippen molar-refractivity contribution in [2.45, 2.75) is 39.2 Å². The lowest BCUT2D eigenvalue weighted by Crippen LogP contribution is -2.32. The van der Waals surface area contributed by atoms with Crippen LogP contribution in [0.4, 0.5) is 0 Å². The summed E-state index contributed by atoms with van der Waals surface area (Å²) in [5.74, 6) is 1.75. The maximum atomic E-state index is 4.40. The molecule has 1 aliphatic carbocycles. The van der Waals surface area contributed by atoms with Crippen molar-refractivity contribution in [1.82, 2.24) is 20.1 Å². The molecular formula is C17H24N4. The summed E-state index contributed by atoms with van der Waals surface area (Å²) in [6.07, 6.45) is 1.24. The molecular weight excluding hydrogens is 260 g/mol. The number of hydrogen-bond donors (Lipinski definition) is 1. The molecule has 1 fully saturated rings. The Hall–Kier alpha value is -1.68. The van der Waals surface area contributed by atoms with Crippen LogP contribution in [-0.2, 0) is 12.0 Å². The lowest BCUT2D eigenvalue weighted by molar-refractivity contribution is 0.266. The minimum atomic E-state index is 0.258. The molecule has 4 heteroatoms. The quantitative estimate of drug-likeness (QED) is 0.918. The first-order valence-electron chi connectivity index (χ1n) is 7.55. The molecule has 1 saturated carbocycles. The number of aryl methyl sites for hydroxylation is 1. The molecule has 0 amide bonds. The number of hydrogen-bond acceptors (Lipinski definition) is 3. The minimum Gasteiger partial charge on any atom is -0.298 e. The van der Waals surface area contributed by atoms with Gasteiger partial charge in [-0.2, -0.15) is 5.10 Å². The van der Waals surface area contributed by atoms with Crippen LogP contribution in [0.5, 0.6) is 0 Å². The number of H-pyrrole nitrogens is 1. The fourth-order valence-corrected chi connectivity index (χ4v) is 3.54. The third-order valence-corrected chi connectivity index (χ3v) is 4.84. The molecule has 1 unspecified atom stereocenters. The van der Waals surface area contributed by atoms with E-state index < -0.39 is 0 Å². The number of nitrogens with zero attached hydrogens (tertiary/aromatic N) is 3. The summed E-state index contributed by atoms with van der Waals surface area (Å²) in [5.41, 5.74) is 2.07. The van der Waals surface area contributed by atoms with Crippen LogP contribution in [0.25, 0.3) is 0 Å². The zero-order chi connectivity index (χ0) is 15.1. The Labute approximate surface area is 126 Å². The number of likely N-dealkylation sites (N-methyl/N-ethyl adjacent to an activating group) is 1. The van der Waals surface area contributed by atoms with Crippen molar-refractivity contribution >= 4 is 0 Å². The van der Waals surface area contributed by atoms with Gasteiger partial charge in [0, 0.05) is 12.0 Å². The molecule has 0 spiro atoms. The van der Waals surface area contributed by atoms with E-state index in [4.69, 9.17) is 0 Å². The van der Waals surface area contributed by atoms with Crippen LogP contribution in [0.3, 0.4) is 0 Å². The van der Waals surface area contributed by atoms with Gasteiger partial charge in [0.1, 0.15) is 5.82 Å². The van der Waals surface area contributed by atoms with E-state index >= 15 is 0 Å². The SMILES string of the molecule is Cc1nc(CN(C)CC2(c3ccccc3)CC2(C)C)n[nH]1. The standard InChI is InChI=1S/C17H24N4/c1-13-18-15(20-19-13)10-21(4)12-17(11-16(17,2)3)14-8-6-5-7-9-14/h5-9H,10-12H2,1-4H3,(H,18,19,20). The number of rotatable bonds is 5. The number of benzene rings is 1. The zero-order valence-electron chi connectivity index (χ0n) is 13.3. The summed E-state index contributed by atoms with van der Waals surface area (Å²) in [6, 6.07) is 10.9. The van der Waals surface area contributed by atoms with Crippen LogP contribution in [-0.4, -0.2) is 33.7 Å². The molecule has 112 valence electrons. The summed E-state index contributed by atoms with van der Waals surface area (Å²) in [6.45, 7) is 8.49. The van der Waals surface area contributed by atoms with Gasteiger partial charge in [-0.05, 0) is 31.4 Å². The van der Waals surface area contributed by atoms with Gasteiger partial charge >= 0.3 is 0 Å². The first kappa shape index (κ1) is 14.3. The Balaban J connectivity index is 1.75. The Bertz CT molecular complexity index is 617. The maximum Gasteiger partial charge on any atom is 0.164 e. The molecule has 3 rings (SSSR count). The lowest BCUT2D eigenvalue weighted by Gasteiger charge is -2.27. The second kappa shape index (κ2) is 4.95. The Morgan fingerprint density at radius 2 is 1.90 bits per heavy atom. The van der Waals surface area contributed by atoms with E-state index in [-0.39, 0.29) is 5.41 Å². The highest BCUT2D eigenvalue weighted by molar-refractivity contribution is 5.37. The predicted octanol–water partition coefficient (Wildman–Crippen LogP) is 2.91. The summed E-state index contributed by atoms with van der Waals surface area (Å²) in [5, 5.41) is 7.15. The molecule has 1 N–H and O–H groups in total. The van der Waals surface area contributed by atoms with E-state index in [2.05, 4.69) is 71.3 Å². The Kier molecular flexibility index (Phi) is 3.36. The van der Waals surface area contributed by atoms with E-state index in [9.17, 15) is 0 Å². The van der Waals surface area contributed by atoms with Crippen molar-refractivity contribution < 1.29 is 0 Å².